The van der Waals surface area contributed by atoms with E-state index in [9.17, 15) is 18.8 Å². The predicted molar refractivity (Wildman–Crippen MR) is 88.3 cm³/mol. The van der Waals surface area contributed by atoms with E-state index < -0.39 is 12.5 Å². The molecule has 2 rings (SSSR count). The SMILES string of the molecule is COC(=O)N(O)c1cccc(C)c1COc1ccc(C)cc1C(F)F. The molecule has 0 aliphatic carbocycles. The number of methoxy groups -OCH3 is 1. The highest BCUT2D eigenvalue weighted by atomic mass is 19.3. The molecule has 0 aromatic heterocycles. The Morgan fingerprint density at radius 2 is 1.96 bits per heavy atom. The van der Waals surface area contributed by atoms with Crippen molar-refractivity contribution in [3.8, 4) is 5.75 Å². The van der Waals surface area contributed by atoms with E-state index in [4.69, 9.17) is 4.74 Å². The van der Waals surface area contributed by atoms with Gasteiger partial charge in [-0.2, -0.15) is 5.06 Å². The zero-order chi connectivity index (χ0) is 18.6. The van der Waals surface area contributed by atoms with Crippen molar-refractivity contribution in [3.05, 3.63) is 58.7 Å². The van der Waals surface area contributed by atoms with Crippen LogP contribution in [-0.4, -0.2) is 18.4 Å². The van der Waals surface area contributed by atoms with E-state index in [1.54, 1.807) is 32.0 Å². The van der Waals surface area contributed by atoms with Gasteiger partial charge in [-0.3, -0.25) is 5.21 Å². The van der Waals surface area contributed by atoms with Crippen LogP contribution in [0.1, 0.15) is 28.7 Å². The Bertz CT molecular complexity index is 765. The van der Waals surface area contributed by atoms with Crippen molar-refractivity contribution in [1.29, 1.82) is 0 Å². The van der Waals surface area contributed by atoms with Gasteiger partial charge in [0.15, 0.2) is 0 Å². The topological polar surface area (TPSA) is 59.0 Å². The van der Waals surface area contributed by atoms with Crippen LogP contribution in [0.25, 0.3) is 0 Å². The molecule has 1 amide bonds. The van der Waals surface area contributed by atoms with Crippen molar-refractivity contribution < 1.29 is 28.3 Å². The van der Waals surface area contributed by atoms with E-state index in [2.05, 4.69) is 4.74 Å². The second kappa shape index (κ2) is 7.94. The lowest BCUT2D eigenvalue weighted by Crippen LogP contribution is -2.28. The average molecular weight is 351 g/mol. The summed E-state index contributed by atoms with van der Waals surface area (Å²) >= 11 is 0. The van der Waals surface area contributed by atoms with E-state index in [0.29, 0.717) is 16.2 Å². The van der Waals surface area contributed by atoms with Crippen LogP contribution in [0.15, 0.2) is 36.4 Å². The van der Waals surface area contributed by atoms with Crippen molar-refractivity contribution in [2.45, 2.75) is 26.9 Å². The Balaban J connectivity index is 2.31. The van der Waals surface area contributed by atoms with Crippen LogP contribution in [-0.2, 0) is 11.3 Å². The number of alkyl halides is 2. The van der Waals surface area contributed by atoms with Crippen molar-refractivity contribution in [1.82, 2.24) is 0 Å². The van der Waals surface area contributed by atoms with E-state index in [0.717, 1.165) is 12.7 Å². The van der Waals surface area contributed by atoms with Crippen LogP contribution in [0.4, 0.5) is 19.3 Å². The molecule has 0 fully saturated rings. The van der Waals surface area contributed by atoms with Gasteiger partial charge in [-0.25, -0.2) is 13.6 Å². The van der Waals surface area contributed by atoms with Crippen molar-refractivity contribution in [2.24, 2.45) is 0 Å². The molecule has 2 aromatic carbocycles. The maximum absolute atomic E-state index is 13.2. The number of carbonyl (C=O) groups is 1. The first kappa shape index (κ1) is 18.7. The minimum Gasteiger partial charge on any atom is -0.488 e. The molecule has 0 atom stereocenters. The van der Waals surface area contributed by atoms with E-state index in [1.807, 2.05) is 0 Å². The van der Waals surface area contributed by atoms with Gasteiger partial charge in [0, 0.05) is 5.56 Å². The lowest BCUT2D eigenvalue weighted by molar-refractivity contribution is 0.140. The summed E-state index contributed by atoms with van der Waals surface area (Å²) in [6.07, 6.45) is -3.63. The minimum atomic E-state index is -2.67. The number of nitrogens with zero attached hydrogens (tertiary/aromatic N) is 1. The first-order chi connectivity index (χ1) is 11.8. The number of anilines is 1. The molecule has 5 nitrogen and oxygen atoms in total. The van der Waals surface area contributed by atoms with Crippen LogP contribution in [0.2, 0.25) is 0 Å². The molecule has 0 saturated heterocycles. The maximum atomic E-state index is 13.2. The summed E-state index contributed by atoms with van der Waals surface area (Å²) in [5, 5.41) is 10.3. The van der Waals surface area contributed by atoms with Crippen molar-refractivity contribution in [3.63, 3.8) is 0 Å². The number of amides is 1. The largest absolute Gasteiger partial charge is 0.488 e. The summed E-state index contributed by atoms with van der Waals surface area (Å²) in [6, 6.07) is 9.43. The highest BCUT2D eigenvalue weighted by Gasteiger charge is 2.20. The van der Waals surface area contributed by atoms with Gasteiger partial charge in [0.25, 0.3) is 6.43 Å². The standard InChI is InChI=1S/C18H19F2NO4/c1-11-7-8-16(13(9-11)17(19)20)25-10-14-12(2)5-4-6-15(14)21(23)18(22)24-3/h4-9,17,23H,10H2,1-3H3. The third-order valence-electron chi connectivity index (χ3n) is 3.73. The molecular weight excluding hydrogens is 332 g/mol. The molecule has 0 aliphatic rings. The minimum absolute atomic E-state index is 0.0531. The van der Waals surface area contributed by atoms with E-state index >= 15 is 0 Å². The Hall–Kier alpha value is -2.67. The Morgan fingerprint density at radius 1 is 1.24 bits per heavy atom. The third kappa shape index (κ3) is 4.24. The van der Waals surface area contributed by atoms with Gasteiger partial charge >= 0.3 is 6.09 Å². The second-order valence-corrected chi connectivity index (χ2v) is 5.49. The summed E-state index contributed by atoms with van der Waals surface area (Å²) < 4.78 is 36.4. The zero-order valence-electron chi connectivity index (χ0n) is 14.1. The predicted octanol–water partition coefficient (Wildman–Crippen LogP) is 4.78. The van der Waals surface area contributed by atoms with Gasteiger partial charge in [-0.05, 0) is 37.6 Å². The normalized spacial score (nSPS) is 10.7. The highest BCUT2D eigenvalue weighted by molar-refractivity contribution is 5.86. The number of benzene rings is 2. The second-order valence-electron chi connectivity index (χ2n) is 5.49. The van der Waals surface area contributed by atoms with Gasteiger partial charge in [-0.15, -0.1) is 0 Å². The Kier molecular flexibility index (Phi) is 5.93. The van der Waals surface area contributed by atoms with Crippen LogP contribution in [0.5, 0.6) is 5.75 Å². The average Bonchev–Trinajstić information content (AvgIpc) is 2.59. The number of hydrogen-bond donors (Lipinski definition) is 1. The molecule has 134 valence electrons. The lowest BCUT2D eigenvalue weighted by atomic mass is 10.1. The molecular formula is C18H19F2NO4. The van der Waals surface area contributed by atoms with E-state index in [-0.39, 0.29) is 23.6 Å². The summed E-state index contributed by atoms with van der Waals surface area (Å²) in [6.45, 7) is 3.38. The first-order valence-electron chi connectivity index (χ1n) is 7.52. The molecule has 0 radical (unpaired) electrons. The molecule has 1 N–H and O–H groups in total. The van der Waals surface area contributed by atoms with Crippen LogP contribution < -0.4 is 9.80 Å². The lowest BCUT2D eigenvalue weighted by Gasteiger charge is -2.20. The molecule has 25 heavy (non-hydrogen) atoms. The number of rotatable bonds is 5. The summed E-state index contributed by atoms with van der Waals surface area (Å²) in [5.74, 6) is 0.0531. The van der Waals surface area contributed by atoms with E-state index in [1.165, 1.54) is 18.2 Å². The molecule has 0 spiro atoms. The number of aryl methyl sites for hydroxylation is 2. The summed E-state index contributed by atoms with van der Waals surface area (Å²) in [5.41, 5.74) is 1.87. The number of hydrogen-bond acceptors (Lipinski definition) is 4. The molecule has 7 heteroatoms. The quantitative estimate of drug-likeness (QED) is 0.622. The van der Waals surface area contributed by atoms with Gasteiger partial charge in [0.05, 0.1) is 18.4 Å². The molecule has 0 unspecified atom stereocenters. The molecule has 0 heterocycles. The summed E-state index contributed by atoms with van der Waals surface area (Å²) in [7, 11) is 1.14. The van der Waals surface area contributed by atoms with Crippen LogP contribution in [0, 0.1) is 13.8 Å². The fourth-order valence-corrected chi connectivity index (χ4v) is 2.38. The smallest absolute Gasteiger partial charge is 0.438 e. The number of hydroxylamine groups is 1. The molecule has 2 aromatic rings. The third-order valence-corrected chi connectivity index (χ3v) is 3.73. The van der Waals surface area contributed by atoms with Crippen molar-refractivity contribution in [2.75, 3.05) is 12.2 Å². The number of carbonyl (C=O) groups excluding carboxylic acids is 1. The number of ether oxygens (including phenoxy) is 2. The Labute approximate surface area is 144 Å². The van der Waals surface area contributed by atoms with Crippen LogP contribution >= 0.6 is 0 Å². The number of halogens is 2. The van der Waals surface area contributed by atoms with Gasteiger partial charge in [-0.1, -0.05) is 23.8 Å². The highest BCUT2D eigenvalue weighted by Crippen LogP contribution is 2.32. The fourth-order valence-electron chi connectivity index (χ4n) is 2.38. The van der Waals surface area contributed by atoms with Crippen molar-refractivity contribution >= 4 is 11.8 Å². The maximum Gasteiger partial charge on any atom is 0.438 e. The summed E-state index contributed by atoms with van der Waals surface area (Å²) in [4.78, 5) is 11.5. The Morgan fingerprint density at radius 3 is 2.60 bits per heavy atom. The van der Waals surface area contributed by atoms with Gasteiger partial charge in [0.2, 0.25) is 0 Å². The zero-order valence-corrected chi connectivity index (χ0v) is 14.1. The van der Waals surface area contributed by atoms with Crippen LogP contribution in [0.3, 0.4) is 0 Å². The molecule has 0 aliphatic heterocycles. The fraction of sp³-hybridized carbons (Fsp3) is 0.278. The monoisotopic (exact) mass is 351 g/mol. The molecule has 0 saturated carbocycles. The first-order valence-corrected chi connectivity index (χ1v) is 7.52. The van der Waals surface area contributed by atoms with Gasteiger partial charge in [0.1, 0.15) is 12.4 Å². The van der Waals surface area contributed by atoms with Gasteiger partial charge < -0.3 is 9.47 Å². The molecule has 0 bridgehead atoms.